The number of hydrogen-bond donors (Lipinski definition) is 1. The maximum atomic E-state index is 11.9. The lowest BCUT2D eigenvalue weighted by Crippen LogP contribution is -2.28. The van der Waals surface area contributed by atoms with E-state index in [0.29, 0.717) is 6.42 Å². The summed E-state index contributed by atoms with van der Waals surface area (Å²) in [6.07, 6.45) is 1.46. The summed E-state index contributed by atoms with van der Waals surface area (Å²) in [6.45, 7) is 2.15. The Bertz CT molecular complexity index is 157. The van der Waals surface area contributed by atoms with E-state index in [1.165, 1.54) is 25.7 Å². The van der Waals surface area contributed by atoms with Crippen molar-refractivity contribution < 1.29 is 18.3 Å². The van der Waals surface area contributed by atoms with Gasteiger partial charge in [-0.3, -0.25) is 0 Å². The van der Waals surface area contributed by atoms with Crippen molar-refractivity contribution in [3.63, 3.8) is 0 Å². The van der Waals surface area contributed by atoms with Crippen molar-refractivity contribution in [1.82, 2.24) is 0 Å². The molecule has 0 aliphatic rings. The van der Waals surface area contributed by atoms with E-state index < -0.39 is 12.3 Å². The second-order valence-electron chi connectivity index (χ2n) is 4.32. The van der Waals surface area contributed by atoms with Crippen LogP contribution < -0.4 is 0 Å². The summed E-state index contributed by atoms with van der Waals surface area (Å²) >= 11 is 0. The first-order valence-electron chi connectivity index (χ1n) is 6.23. The molecule has 0 aliphatic heterocycles. The van der Waals surface area contributed by atoms with Crippen LogP contribution >= 0.6 is 0 Å². The summed E-state index contributed by atoms with van der Waals surface area (Å²) in [6, 6.07) is 0. The second kappa shape index (κ2) is 8.85. The molecule has 1 N–H and O–H groups in total. The highest BCUT2D eigenvalue weighted by Crippen LogP contribution is 2.24. The Hall–Kier alpha value is -0.250. The van der Waals surface area contributed by atoms with Crippen LogP contribution in [0.5, 0.6) is 0 Å². The molecule has 0 amide bonds. The minimum atomic E-state index is -4.44. The summed E-state index contributed by atoms with van der Waals surface area (Å²) in [7, 11) is 0. The van der Waals surface area contributed by atoms with E-state index >= 15 is 0 Å². The van der Waals surface area contributed by atoms with Gasteiger partial charge < -0.3 is 5.11 Å². The van der Waals surface area contributed by atoms with Crippen LogP contribution in [0.25, 0.3) is 0 Å². The van der Waals surface area contributed by atoms with Crippen LogP contribution in [0, 0.1) is 0 Å². The average molecular weight is 240 g/mol. The van der Waals surface area contributed by atoms with E-state index in [1.807, 2.05) is 0 Å². The van der Waals surface area contributed by atoms with E-state index in [1.54, 1.807) is 0 Å². The molecule has 0 saturated heterocycles. The molecule has 0 radical (unpaired) electrons. The van der Waals surface area contributed by atoms with Gasteiger partial charge in [0.2, 0.25) is 0 Å². The largest absolute Gasteiger partial charge is 0.414 e. The molecule has 0 aromatic rings. The number of aliphatic hydroxyl groups excluding tert-OH is 1. The lowest BCUT2D eigenvalue weighted by molar-refractivity contribution is -0.205. The van der Waals surface area contributed by atoms with Crippen molar-refractivity contribution in [2.75, 3.05) is 0 Å². The SMILES string of the molecule is CCCCCCCCCC[C@@H](O)C(F)(F)F. The van der Waals surface area contributed by atoms with Gasteiger partial charge in [-0.1, -0.05) is 58.3 Å². The third kappa shape index (κ3) is 9.01. The van der Waals surface area contributed by atoms with Crippen LogP contribution in [0.4, 0.5) is 13.2 Å². The molecule has 4 heteroatoms. The standard InChI is InChI=1S/C12H23F3O/c1-2-3-4-5-6-7-8-9-10-11(16)12(13,14)15/h11,16H,2-10H2,1H3/t11-/m1/s1. The molecule has 0 heterocycles. The minimum absolute atomic E-state index is 0.154. The van der Waals surface area contributed by atoms with Gasteiger partial charge in [-0.25, -0.2) is 0 Å². The van der Waals surface area contributed by atoms with Crippen LogP contribution in [-0.2, 0) is 0 Å². The topological polar surface area (TPSA) is 20.2 Å². The molecule has 0 rings (SSSR count). The summed E-state index contributed by atoms with van der Waals surface area (Å²) < 4.78 is 35.7. The van der Waals surface area contributed by atoms with Gasteiger partial charge in [-0.05, 0) is 6.42 Å². The number of hydrogen-bond acceptors (Lipinski definition) is 1. The van der Waals surface area contributed by atoms with Crippen LogP contribution in [-0.4, -0.2) is 17.4 Å². The Labute approximate surface area is 96.0 Å². The number of alkyl halides is 3. The Morgan fingerprint density at radius 3 is 1.75 bits per heavy atom. The maximum Gasteiger partial charge on any atom is 0.414 e. The monoisotopic (exact) mass is 240 g/mol. The quantitative estimate of drug-likeness (QED) is 0.591. The molecule has 16 heavy (non-hydrogen) atoms. The average Bonchev–Trinajstić information content (AvgIpc) is 2.20. The van der Waals surface area contributed by atoms with Crippen molar-refractivity contribution in [3.8, 4) is 0 Å². The highest BCUT2D eigenvalue weighted by Gasteiger charge is 2.37. The number of aliphatic hydroxyl groups is 1. The Kier molecular flexibility index (Phi) is 8.71. The smallest absolute Gasteiger partial charge is 0.384 e. The first kappa shape index (κ1) is 15.8. The zero-order valence-electron chi connectivity index (χ0n) is 10.0. The maximum absolute atomic E-state index is 11.9. The van der Waals surface area contributed by atoms with Gasteiger partial charge in [0.25, 0.3) is 0 Å². The summed E-state index contributed by atoms with van der Waals surface area (Å²) in [5.41, 5.74) is 0. The zero-order valence-corrected chi connectivity index (χ0v) is 10.0. The number of halogens is 3. The van der Waals surface area contributed by atoms with E-state index in [0.717, 1.165) is 19.3 Å². The fourth-order valence-electron chi connectivity index (χ4n) is 1.64. The van der Waals surface area contributed by atoms with Gasteiger partial charge >= 0.3 is 6.18 Å². The first-order valence-corrected chi connectivity index (χ1v) is 6.23. The predicted molar refractivity (Wildman–Crippen MR) is 59.3 cm³/mol. The fourth-order valence-corrected chi connectivity index (χ4v) is 1.64. The molecule has 0 saturated carbocycles. The lowest BCUT2D eigenvalue weighted by Gasteiger charge is -2.13. The van der Waals surface area contributed by atoms with Crippen molar-refractivity contribution in [3.05, 3.63) is 0 Å². The highest BCUT2D eigenvalue weighted by atomic mass is 19.4. The second-order valence-corrected chi connectivity index (χ2v) is 4.32. The summed E-state index contributed by atoms with van der Waals surface area (Å²) in [4.78, 5) is 0. The van der Waals surface area contributed by atoms with E-state index in [2.05, 4.69) is 6.92 Å². The van der Waals surface area contributed by atoms with E-state index in [4.69, 9.17) is 5.11 Å². The molecule has 1 atom stereocenters. The molecule has 0 aromatic carbocycles. The zero-order chi connectivity index (χ0) is 12.4. The fraction of sp³-hybridized carbons (Fsp3) is 1.00. The van der Waals surface area contributed by atoms with Crippen LogP contribution in [0.3, 0.4) is 0 Å². The van der Waals surface area contributed by atoms with Crippen molar-refractivity contribution in [1.29, 1.82) is 0 Å². The molecule has 0 bridgehead atoms. The Morgan fingerprint density at radius 2 is 1.31 bits per heavy atom. The molecule has 1 nitrogen and oxygen atoms in total. The summed E-state index contributed by atoms with van der Waals surface area (Å²) in [5.74, 6) is 0. The van der Waals surface area contributed by atoms with Crippen LogP contribution in [0.1, 0.15) is 64.7 Å². The first-order chi connectivity index (χ1) is 7.48. The van der Waals surface area contributed by atoms with Crippen molar-refractivity contribution >= 4 is 0 Å². The van der Waals surface area contributed by atoms with E-state index in [-0.39, 0.29) is 6.42 Å². The Morgan fingerprint density at radius 1 is 0.875 bits per heavy atom. The third-order valence-corrected chi connectivity index (χ3v) is 2.71. The number of rotatable bonds is 9. The molecule has 0 aliphatic carbocycles. The van der Waals surface area contributed by atoms with Gasteiger partial charge in [0.15, 0.2) is 0 Å². The van der Waals surface area contributed by atoms with Gasteiger partial charge in [-0.15, -0.1) is 0 Å². The van der Waals surface area contributed by atoms with Gasteiger partial charge in [0.1, 0.15) is 6.10 Å². The molecular weight excluding hydrogens is 217 g/mol. The van der Waals surface area contributed by atoms with Gasteiger partial charge in [-0.2, -0.15) is 13.2 Å². The molecular formula is C12H23F3O. The molecule has 0 spiro atoms. The number of unbranched alkanes of at least 4 members (excludes halogenated alkanes) is 7. The minimum Gasteiger partial charge on any atom is -0.384 e. The molecule has 0 aromatic heterocycles. The molecule has 0 fully saturated rings. The van der Waals surface area contributed by atoms with Crippen LogP contribution in [0.15, 0.2) is 0 Å². The van der Waals surface area contributed by atoms with Gasteiger partial charge in [0.05, 0.1) is 0 Å². The van der Waals surface area contributed by atoms with E-state index in [9.17, 15) is 13.2 Å². The van der Waals surface area contributed by atoms with Crippen LogP contribution in [0.2, 0.25) is 0 Å². The Balaban J connectivity index is 3.21. The summed E-state index contributed by atoms with van der Waals surface area (Å²) in [5, 5.41) is 8.73. The molecule has 0 unspecified atom stereocenters. The highest BCUT2D eigenvalue weighted by molar-refractivity contribution is 4.64. The predicted octanol–water partition coefficient (Wildman–Crippen LogP) is 4.44. The van der Waals surface area contributed by atoms with Crippen molar-refractivity contribution in [2.24, 2.45) is 0 Å². The third-order valence-electron chi connectivity index (χ3n) is 2.71. The molecule has 98 valence electrons. The normalized spacial score (nSPS) is 14.1. The lowest BCUT2D eigenvalue weighted by atomic mass is 10.1. The van der Waals surface area contributed by atoms with Crippen molar-refractivity contribution in [2.45, 2.75) is 77.0 Å². The van der Waals surface area contributed by atoms with Gasteiger partial charge in [0, 0.05) is 0 Å².